The lowest BCUT2D eigenvalue weighted by Crippen LogP contribution is -2.47. The van der Waals surface area contributed by atoms with Crippen molar-refractivity contribution in [3.05, 3.63) is 0 Å². The number of rotatable bonds is 4. The van der Waals surface area contributed by atoms with Crippen LogP contribution in [-0.2, 0) is 4.74 Å². The fourth-order valence-electron chi connectivity index (χ4n) is 1.50. The van der Waals surface area contributed by atoms with E-state index in [9.17, 15) is 5.11 Å². The van der Waals surface area contributed by atoms with Crippen molar-refractivity contribution >= 4 is 0 Å². The van der Waals surface area contributed by atoms with Gasteiger partial charge in [-0.3, -0.25) is 0 Å². The van der Waals surface area contributed by atoms with Crippen LogP contribution in [0.5, 0.6) is 0 Å². The van der Waals surface area contributed by atoms with Crippen LogP contribution in [0.2, 0.25) is 0 Å². The van der Waals surface area contributed by atoms with Crippen molar-refractivity contribution in [2.45, 2.75) is 38.1 Å². The van der Waals surface area contributed by atoms with E-state index in [0.717, 1.165) is 0 Å². The number of nitrogens with one attached hydrogen (secondary N) is 1. The lowest BCUT2D eigenvalue weighted by Gasteiger charge is -2.26. The summed E-state index contributed by atoms with van der Waals surface area (Å²) < 4.78 is 5.27. The molecule has 1 aliphatic rings. The van der Waals surface area contributed by atoms with Crippen molar-refractivity contribution < 1.29 is 14.9 Å². The van der Waals surface area contributed by atoms with E-state index in [-0.39, 0.29) is 12.2 Å². The van der Waals surface area contributed by atoms with Crippen molar-refractivity contribution in [2.24, 2.45) is 0 Å². The molecule has 1 rings (SSSR count). The van der Waals surface area contributed by atoms with Gasteiger partial charge < -0.3 is 20.3 Å². The van der Waals surface area contributed by atoms with Crippen LogP contribution in [-0.4, -0.2) is 47.7 Å². The zero-order chi connectivity index (χ0) is 9.90. The highest BCUT2D eigenvalue weighted by molar-refractivity contribution is 4.91. The number of ether oxygens (including phenoxy) is 1. The first-order valence-corrected chi connectivity index (χ1v) is 4.77. The second-order valence-electron chi connectivity index (χ2n) is 3.85. The summed E-state index contributed by atoms with van der Waals surface area (Å²) in [6, 6.07) is 0. The minimum absolute atomic E-state index is 0.117. The molecule has 13 heavy (non-hydrogen) atoms. The van der Waals surface area contributed by atoms with Crippen LogP contribution in [0.15, 0.2) is 0 Å². The molecule has 1 fully saturated rings. The van der Waals surface area contributed by atoms with E-state index >= 15 is 0 Å². The van der Waals surface area contributed by atoms with E-state index in [1.165, 1.54) is 0 Å². The van der Waals surface area contributed by atoms with Crippen LogP contribution in [0.3, 0.4) is 0 Å². The fourth-order valence-corrected chi connectivity index (χ4v) is 1.50. The van der Waals surface area contributed by atoms with E-state index in [1.54, 1.807) is 6.92 Å². The molecule has 1 aliphatic heterocycles. The van der Waals surface area contributed by atoms with Crippen molar-refractivity contribution in [1.82, 2.24) is 5.32 Å². The molecule has 0 saturated carbocycles. The topological polar surface area (TPSA) is 61.7 Å². The molecule has 4 nitrogen and oxygen atoms in total. The summed E-state index contributed by atoms with van der Waals surface area (Å²) in [5.74, 6) is 0. The quantitative estimate of drug-likeness (QED) is 0.558. The van der Waals surface area contributed by atoms with Gasteiger partial charge in [0.05, 0.1) is 12.2 Å². The third-order valence-electron chi connectivity index (χ3n) is 2.53. The zero-order valence-electron chi connectivity index (χ0n) is 8.29. The average molecular weight is 189 g/mol. The lowest BCUT2D eigenvalue weighted by molar-refractivity contribution is -0.0271. The average Bonchev–Trinajstić information content (AvgIpc) is 2.32. The van der Waals surface area contributed by atoms with E-state index in [2.05, 4.69) is 5.32 Å². The van der Waals surface area contributed by atoms with Gasteiger partial charge in [0.1, 0.15) is 5.60 Å². The minimum Gasteiger partial charge on any atom is -0.392 e. The molecule has 3 N–H and O–H groups in total. The predicted octanol–water partition coefficient (Wildman–Crippen LogP) is -0.503. The molecule has 0 aromatic rings. The highest BCUT2D eigenvalue weighted by Gasteiger charge is 2.38. The summed E-state index contributed by atoms with van der Waals surface area (Å²) in [6.45, 7) is 5.20. The first-order chi connectivity index (χ1) is 6.04. The van der Waals surface area contributed by atoms with Crippen LogP contribution in [0.25, 0.3) is 0 Å². The Bertz CT molecular complexity index is 163. The molecule has 1 saturated heterocycles. The van der Waals surface area contributed by atoms with Gasteiger partial charge in [0.15, 0.2) is 0 Å². The molecule has 1 heterocycles. The standard InChI is InChI=1S/C9H19NO3/c1-7(11)5-10-6-9(12)3-4-13-8(9)2/h7-8,10-12H,3-6H2,1-2H3/t7-,8?,9?/m1/s1. The molecule has 0 aliphatic carbocycles. The SMILES string of the molecule is CC1OCCC1(O)CNC[C@@H](C)O. The van der Waals surface area contributed by atoms with Gasteiger partial charge in [0, 0.05) is 26.1 Å². The second kappa shape index (κ2) is 4.37. The van der Waals surface area contributed by atoms with Gasteiger partial charge in [0.25, 0.3) is 0 Å². The van der Waals surface area contributed by atoms with Gasteiger partial charge in [-0.05, 0) is 13.8 Å². The Hall–Kier alpha value is -0.160. The van der Waals surface area contributed by atoms with Crippen LogP contribution in [0.1, 0.15) is 20.3 Å². The monoisotopic (exact) mass is 189 g/mol. The highest BCUT2D eigenvalue weighted by atomic mass is 16.5. The summed E-state index contributed by atoms with van der Waals surface area (Å²) in [5.41, 5.74) is -0.755. The molecular weight excluding hydrogens is 170 g/mol. The Morgan fingerprint density at radius 3 is 2.85 bits per heavy atom. The number of hydrogen-bond acceptors (Lipinski definition) is 4. The summed E-state index contributed by atoms with van der Waals surface area (Å²) in [7, 11) is 0. The summed E-state index contributed by atoms with van der Waals surface area (Å²) in [4.78, 5) is 0. The van der Waals surface area contributed by atoms with Gasteiger partial charge in [-0.15, -0.1) is 0 Å². The summed E-state index contributed by atoms with van der Waals surface area (Å²) in [5, 5.41) is 22.0. The van der Waals surface area contributed by atoms with Crippen molar-refractivity contribution in [2.75, 3.05) is 19.7 Å². The van der Waals surface area contributed by atoms with Gasteiger partial charge in [-0.2, -0.15) is 0 Å². The first-order valence-electron chi connectivity index (χ1n) is 4.77. The number of aliphatic hydroxyl groups excluding tert-OH is 1. The van der Waals surface area contributed by atoms with Gasteiger partial charge in [-0.25, -0.2) is 0 Å². The molecule has 0 amide bonds. The maximum Gasteiger partial charge on any atom is 0.105 e. The fraction of sp³-hybridized carbons (Fsp3) is 1.00. The molecule has 0 spiro atoms. The normalized spacial score (nSPS) is 36.5. The first kappa shape index (κ1) is 10.9. The molecular formula is C9H19NO3. The van der Waals surface area contributed by atoms with Gasteiger partial charge >= 0.3 is 0 Å². The largest absolute Gasteiger partial charge is 0.392 e. The second-order valence-corrected chi connectivity index (χ2v) is 3.85. The number of aliphatic hydroxyl groups is 2. The highest BCUT2D eigenvalue weighted by Crippen LogP contribution is 2.24. The summed E-state index contributed by atoms with van der Waals surface area (Å²) in [6.07, 6.45) is 0.177. The van der Waals surface area contributed by atoms with Crippen molar-refractivity contribution in [1.29, 1.82) is 0 Å². The van der Waals surface area contributed by atoms with Crippen LogP contribution in [0.4, 0.5) is 0 Å². The van der Waals surface area contributed by atoms with Gasteiger partial charge in [0.2, 0.25) is 0 Å². The van der Waals surface area contributed by atoms with Crippen LogP contribution < -0.4 is 5.32 Å². The van der Waals surface area contributed by atoms with E-state index < -0.39 is 5.60 Å². The molecule has 4 heteroatoms. The van der Waals surface area contributed by atoms with Crippen molar-refractivity contribution in [3.8, 4) is 0 Å². The maximum atomic E-state index is 10.0. The smallest absolute Gasteiger partial charge is 0.105 e. The molecule has 78 valence electrons. The lowest BCUT2D eigenvalue weighted by atomic mass is 9.97. The van der Waals surface area contributed by atoms with E-state index in [0.29, 0.717) is 26.1 Å². The molecule has 0 aromatic carbocycles. The van der Waals surface area contributed by atoms with Gasteiger partial charge in [-0.1, -0.05) is 0 Å². The van der Waals surface area contributed by atoms with Crippen LogP contribution >= 0.6 is 0 Å². The molecule has 2 unspecified atom stereocenters. The zero-order valence-corrected chi connectivity index (χ0v) is 8.29. The summed E-state index contributed by atoms with van der Waals surface area (Å²) >= 11 is 0. The third kappa shape index (κ3) is 2.91. The Morgan fingerprint density at radius 2 is 2.38 bits per heavy atom. The van der Waals surface area contributed by atoms with Crippen molar-refractivity contribution in [3.63, 3.8) is 0 Å². The van der Waals surface area contributed by atoms with E-state index in [1.807, 2.05) is 6.92 Å². The predicted molar refractivity (Wildman–Crippen MR) is 49.5 cm³/mol. The Morgan fingerprint density at radius 1 is 1.69 bits per heavy atom. The molecule has 0 bridgehead atoms. The van der Waals surface area contributed by atoms with Crippen LogP contribution in [0, 0.1) is 0 Å². The Kier molecular flexibility index (Phi) is 3.67. The Balaban J connectivity index is 2.26. The van der Waals surface area contributed by atoms with E-state index in [4.69, 9.17) is 9.84 Å². The molecule has 0 radical (unpaired) electrons. The number of hydrogen-bond donors (Lipinski definition) is 3. The molecule has 3 atom stereocenters. The maximum absolute atomic E-state index is 10.0. The molecule has 0 aromatic heterocycles. The minimum atomic E-state index is -0.755. The Labute approximate surface area is 78.9 Å². The third-order valence-corrected chi connectivity index (χ3v) is 2.53.